The number of nitriles is 1. The van der Waals surface area contributed by atoms with Crippen molar-refractivity contribution in [3.63, 3.8) is 0 Å². The summed E-state index contributed by atoms with van der Waals surface area (Å²) in [4.78, 5) is 9.15. The lowest BCUT2D eigenvalue weighted by molar-refractivity contribution is 0.123. The number of nitrogens with one attached hydrogen (secondary N) is 1. The molecule has 0 aliphatic carbocycles. The van der Waals surface area contributed by atoms with E-state index < -0.39 is 0 Å². The van der Waals surface area contributed by atoms with Crippen LogP contribution >= 0.6 is 0 Å². The smallest absolute Gasteiger partial charge is 0.232 e. The van der Waals surface area contributed by atoms with Crippen LogP contribution in [0.25, 0.3) is 11.5 Å². The van der Waals surface area contributed by atoms with E-state index in [4.69, 9.17) is 4.42 Å². The average molecular weight is 339 g/mol. The van der Waals surface area contributed by atoms with Gasteiger partial charge in [-0.15, -0.1) is 0 Å². The lowest BCUT2D eigenvalue weighted by Crippen LogP contribution is -2.49. The number of anilines is 1. The van der Waals surface area contributed by atoms with Crippen LogP contribution in [0.4, 0.5) is 5.88 Å². The van der Waals surface area contributed by atoms with Crippen LogP contribution in [0.3, 0.4) is 0 Å². The topological polar surface area (TPSA) is 68.3 Å². The van der Waals surface area contributed by atoms with Gasteiger partial charge in [0.15, 0.2) is 0 Å². The number of aryl methyl sites for hydroxylation is 1. The maximum absolute atomic E-state index is 9.36. The van der Waals surface area contributed by atoms with Crippen molar-refractivity contribution >= 4 is 5.88 Å². The second-order valence-corrected chi connectivity index (χ2v) is 6.69. The van der Waals surface area contributed by atoms with Crippen molar-refractivity contribution in [1.29, 1.82) is 5.26 Å². The summed E-state index contributed by atoms with van der Waals surface area (Å²) < 4.78 is 5.86. The van der Waals surface area contributed by atoms with Gasteiger partial charge in [0.05, 0.1) is 0 Å². The van der Waals surface area contributed by atoms with Crippen molar-refractivity contribution in [3.8, 4) is 17.5 Å². The first-order valence-corrected chi connectivity index (χ1v) is 8.72. The molecule has 0 bridgehead atoms. The molecule has 1 atom stereocenters. The molecule has 1 unspecified atom stereocenters. The molecule has 0 amide bonds. The fraction of sp³-hybridized carbons (Fsp3) is 0.474. The molecule has 2 heterocycles. The summed E-state index contributed by atoms with van der Waals surface area (Å²) in [6, 6.07) is 10.4. The zero-order chi connectivity index (χ0) is 17.8. The molecule has 1 aromatic carbocycles. The summed E-state index contributed by atoms with van der Waals surface area (Å²) in [5.74, 6) is 0.950. The molecule has 1 aliphatic rings. The molecule has 132 valence electrons. The van der Waals surface area contributed by atoms with Crippen molar-refractivity contribution in [2.75, 3.05) is 45.1 Å². The van der Waals surface area contributed by atoms with Crippen LogP contribution in [-0.4, -0.2) is 60.6 Å². The predicted molar refractivity (Wildman–Crippen MR) is 98.4 cm³/mol. The summed E-state index contributed by atoms with van der Waals surface area (Å²) in [6.07, 6.45) is 0. The number of nitrogens with zero attached hydrogens (tertiary/aromatic N) is 4. The molecule has 1 N–H and O–H groups in total. The molecule has 0 spiro atoms. The van der Waals surface area contributed by atoms with Gasteiger partial charge in [0, 0.05) is 44.3 Å². The van der Waals surface area contributed by atoms with Gasteiger partial charge in [-0.2, -0.15) is 10.2 Å². The fourth-order valence-corrected chi connectivity index (χ4v) is 3.08. The third-order valence-corrected chi connectivity index (χ3v) is 4.83. The predicted octanol–water partition coefficient (Wildman–Crippen LogP) is 2.57. The number of oxazole rings is 1. The second-order valence-electron chi connectivity index (χ2n) is 6.69. The van der Waals surface area contributed by atoms with E-state index in [1.165, 1.54) is 0 Å². The van der Waals surface area contributed by atoms with E-state index in [1.54, 1.807) is 0 Å². The zero-order valence-electron chi connectivity index (χ0n) is 15.1. The highest BCUT2D eigenvalue weighted by Gasteiger charge is 2.21. The van der Waals surface area contributed by atoms with E-state index in [0.717, 1.165) is 43.9 Å². The van der Waals surface area contributed by atoms with Gasteiger partial charge in [0.1, 0.15) is 6.07 Å². The quantitative estimate of drug-likeness (QED) is 0.903. The van der Waals surface area contributed by atoms with Crippen molar-refractivity contribution in [1.82, 2.24) is 14.8 Å². The summed E-state index contributed by atoms with van der Waals surface area (Å²) in [5, 5.41) is 12.6. The molecular weight excluding hydrogens is 314 g/mol. The molecule has 3 rings (SSSR count). The molecule has 0 radical (unpaired) electrons. The Labute approximate surface area is 149 Å². The van der Waals surface area contributed by atoms with Crippen LogP contribution in [0.1, 0.15) is 18.2 Å². The van der Waals surface area contributed by atoms with Crippen molar-refractivity contribution in [2.45, 2.75) is 19.9 Å². The first-order valence-electron chi connectivity index (χ1n) is 8.72. The minimum atomic E-state index is 0.309. The fourth-order valence-electron chi connectivity index (χ4n) is 3.08. The Morgan fingerprint density at radius 1 is 1.28 bits per heavy atom. The molecule has 0 saturated carbocycles. The van der Waals surface area contributed by atoms with Crippen LogP contribution in [0.5, 0.6) is 0 Å². The minimum absolute atomic E-state index is 0.309. The summed E-state index contributed by atoms with van der Waals surface area (Å²) >= 11 is 0. The second kappa shape index (κ2) is 7.68. The third kappa shape index (κ3) is 4.01. The van der Waals surface area contributed by atoms with E-state index in [1.807, 2.05) is 31.2 Å². The van der Waals surface area contributed by atoms with Crippen molar-refractivity contribution in [3.05, 3.63) is 35.5 Å². The van der Waals surface area contributed by atoms with Crippen molar-refractivity contribution in [2.24, 2.45) is 0 Å². The summed E-state index contributed by atoms with van der Waals surface area (Å²) in [7, 11) is 2.15. The highest BCUT2D eigenvalue weighted by atomic mass is 16.4. The maximum atomic E-state index is 9.36. The lowest BCUT2D eigenvalue weighted by atomic mass is 10.1. The molecule has 2 aromatic rings. The van der Waals surface area contributed by atoms with Crippen LogP contribution < -0.4 is 5.32 Å². The molecule has 6 heteroatoms. The number of benzene rings is 1. The third-order valence-electron chi connectivity index (χ3n) is 4.83. The Morgan fingerprint density at radius 2 is 2.00 bits per heavy atom. The van der Waals surface area contributed by atoms with E-state index in [2.05, 4.69) is 40.1 Å². The van der Waals surface area contributed by atoms with Crippen LogP contribution in [0, 0.1) is 18.3 Å². The number of rotatable bonds is 5. The Balaban J connectivity index is 1.68. The first-order chi connectivity index (χ1) is 12.1. The van der Waals surface area contributed by atoms with Gasteiger partial charge in [-0.3, -0.25) is 4.90 Å². The molecule has 6 nitrogen and oxygen atoms in total. The Hall–Kier alpha value is -2.36. The molecular formula is C19H25N5O. The highest BCUT2D eigenvalue weighted by Crippen LogP contribution is 2.27. The van der Waals surface area contributed by atoms with E-state index in [9.17, 15) is 5.26 Å². The van der Waals surface area contributed by atoms with Gasteiger partial charge < -0.3 is 14.6 Å². The van der Waals surface area contributed by atoms with Gasteiger partial charge in [-0.1, -0.05) is 18.2 Å². The van der Waals surface area contributed by atoms with Crippen molar-refractivity contribution < 1.29 is 4.42 Å². The normalized spacial score (nSPS) is 17.2. The maximum Gasteiger partial charge on any atom is 0.232 e. The van der Waals surface area contributed by atoms with Gasteiger partial charge in [-0.25, -0.2) is 0 Å². The number of hydrogen-bond donors (Lipinski definition) is 1. The van der Waals surface area contributed by atoms with E-state index in [-0.39, 0.29) is 0 Å². The lowest BCUT2D eigenvalue weighted by Gasteiger charge is -2.36. The molecule has 25 heavy (non-hydrogen) atoms. The highest BCUT2D eigenvalue weighted by molar-refractivity contribution is 5.62. The summed E-state index contributed by atoms with van der Waals surface area (Å²) in [6.45, 7) is 9.24. The van der Waals surface area contributed by atoms with E-state index >= 15 is 0 Å². The van der Waals surface area contributed by atoms with Gasteiger partial charge in [0.25, 0.3) is 0 Å². The van der Waals surface area contributed by atoms with Crippen LogP contribution in [0.15, 0.2) is 28.7 Å². The number of piperazine rings is 1. The average Bonchev–Trinajstić information content (AvgIpc) is 3.03. The Kier molecular flexibility index (Phi) is 5.37. The number of likely N-dealkylation sites (N-methyl/N-ethyl adjacent to an activating group) is 1. The largest absolute Gasteiger partial charge is 0.419 e. The monoisotopic (exact) mass is 339 g/mol. The Morgan fingerprint density at radius 3 is 2.68 bits per heavy atom. The number of aromatic nitrogens is 1. The van der Waals surface area contributed by atoms with Gasteiger partial charge in [-0.05, 0) is 32.5 Å². The van der Waals surface area contributed by atoms with E-state index in [0.29, 0.717) is 23.5 Å². The standard InChI is InChI=1S/C19H25N5O/c1-14-6-4-5-7-16(14)18-22-17(12-20)19(25-18)21-13-15(2)24-10-8-23(3)9-11-24/h4-7,15,21H,8-11,13H2,1-3H3. The van der Waals surface area contributed by atoms with Crippen LogP contribution in [-0.2, 0) is 0 Å². The van der Waals surface area contributed by atoms with Crippen LogP contribution in [0.2, 0.25) is 0 Å². The SMILES string of the molecule is Cc1ccccc1-c1nc(C#N)c(NCC(C)N2CCN(C)CC2)o1. The van der Waals surface area contributed by atoms with Gasteiger partial charge in [0.2, 0.25) is 17.5 Å². The molecule has 1 fully saturated rings. The summed E-state index contributed by atoms with van der Waals surface area (Å²) in [5.41, 5.74) is 2.30. The molecule has 1 saturated heterocycles. The minimum Gasteiger partial charge on any atom is -0.419 e. The molecule has 1 aliphatic heterocycles. The van der Waals surface area contributed by atoms with Gasteiger partial charge >= 0.3 is 0 Å². The zero-order valence-corrected chi connectivity index (χ0v) is 15.1. The molecule has 1 aromatic heterocycles. The number of hydrogen-bond acceptors (Lipinski definition) is 6. The Bertz CT molecular complexity index is 755. The first kappa shape index (κ1) is 17.5.